The van der Waals surface area contributed by atoms with Crippen LogP contribution in [0.15, 0.2) is 0 Å². The van der Waals surface area contributed by atoms with Crippen LogP contribution in [0.3, 0.4) is 0 Å². The van der Waals surface area contributed by atoms with Crippen LogP contribution in [0, 0.1) is 33.5 Å². The average molecular weight is 628 g/mol. The van der Waals surface area contributed by atoms with Crippen molar-refractivity contribution in [3.05, 3.63) is 0 Å². The molecule has 0 aromatic rings. The minimum atomic E-state index is -2.78. The lowest BCUT2D eigenvalue weighted by Gasteiger charge is -2.44. The van der Waals surface area contributed by atoms with Crippen molar-refractivity contribution < 1.29 is 42.6 Å². The molecule has 4 fully saturated rings. The zero-order valence-corrected chi connectivity index (χ0v) is 29.0. The van der Waals surface area contributed by atoms with Gasteiger partial charge in [0.25, 0.3) is 0 Å². The van der Waals surface area contributed by atoms with E-state index in [0.29, 0.717) is 56.8 Å². The Hall–Kier alpha value is -1.08. The van der Waals surface area contributed by atoms with E-state index in [1.54, 1.807) is 21.3 Å². The number of carbonyl (C=O) groups excluding carboxylic acids is 2. The van der Waals surface area contributed by atoms with Gasteiger partial charge >= 0.3 is 20.7 Å². The van der Waals surface area contributed by atoms with E-state index in [-0.39, 0.29) is 23.7 Å². The Morgan fingerprint density at radius 3 is 1.42 bits per heavy atom. The number of rotatable bonds is 15. The Morgan fingerprint density at radius 1 is 0.721 bits per heavy atom. The summed E-state index contributed by atoms with van der Waals surface area (Å²) in [6.07, 6.45) is 5.50. The molecule has 4 aliphatic carbocycles. The van der Waals surface area contributed by atoms with Gasteiger partial charge in [0.15, 0.2) is 0 Å². The molecule has 0 unspecified atom stereocenters. The van der Waals surface area contributed by atoms with E-state index < -0.39 is 43.1 Å². The fourth-order valence-corrected chi connectivity index (χ4v) is 10.8. The summed E-state index contributed by atoms with van der Waals surface area (Å²) in [5, 5.41) is 23.0. The third-order valence-corrected chi connectivity index (χ3v) is 16.2. The first kappa shape index (κ1) is 34.8. The van der Waals surface area contributed by atoms with Gasteiger partial charge in [-0.25, -0.2) is 0 Å². The molecule has 0 aliphatic heterocycles. The number of hydrogen-bond donors (Lipinski definition) is 2. The molecule has 0 heterocycles. The van der Waals surface area contributed by atoms with E-state index in [4.69, 9.17) is 22.8 Å². The quantitative estimate of drug-likeness (QED) is 0.152. The lowest BCUT2D eigenvalue weighted by atomic mass is 9.68. The molecule has 10 nitrogen and oxygen atoms in total. The number of nitrogens with zero attached hydrogens (tertiary/aromatic N) is 1. The van der Waals surface area contributed by atoms with Gasteiger partial charge in [0.05, 0.1) is 12.8 Å². The molecule has 6 atom stereocenters. The zero-order valence-electron chi connectivity index (χ0n) is 28.0. The first-order chi connectivity index (χ1) is 19.9. The van der Waals surface area contributed by atoms with Crippen molar-refractivity contribution in [2.75, 3.05) is 41.0 Å². The highest BCUT2D eigenvalue weighted by molar-refractivity contribution is 6.60. The highest BCUT2D eigenvalue weighted by Crippen LogP contribution is 2.71. The first-order valence-electron chi connectivity index (χ1n) is 16.1. The minimum Gasteiger partial charge on any atom is -0.433 e. The summed E-state index contributed by atoms with van der Waals surface area (Å²) in [5.74, 6) is -3.18. The first-order valence-corrected chi connectivity index (χ1v) is 18.1. The van der Waals surface area contributed by atoms with Crippen molar-refractivity contribution in [1.29, 1.82) is 0 Å². The molecular formula is C32H57NO9Si. The van der Waals surface area contributed by atoms with Gasteiger partial charge in [-0.15, -0.1) is 0 Å². The minimum absolute atomic E-state index is 0.0812. The number of hydrogen-bond acceptors (Lipinski definition) is 10. The van der Waals surface area contributed by atoms with Crippen molar-refractivity contribution in [2.45, 2.75) is 117 Å². The maximum Gasteiger partial charge on any atom is 0.500 e. The van der Waals surface area contributed by atoms with Crippen molar-refractivity contribution in [3.63, 3.8) is 0 Å². The molecule has 248 valence electrons. The van der Waals surface area contributed by atoms with Gasteiger partial charge in [0.2, 0.25) is 11.6 Å². The summed E-state index contributed by atoms with van der Waals surface area (Å²) in [6, 6.07) is 0.574. The van der Waals surface area contributed by atoms with E-state index in [1.807, 2.05) is 18.7 Å². The fraction of sp³-hybridized carbons (Fsp3) is 0.938. The maximum absolute atomic E-state index is 13.1. The zero-order chi connectivity index (χ0) is 32.1. The molecule has 11 heteroatoms. The molecule has 4 saturated carbocycles. The van der Waals surface area contributed by atoms with Crippen molar-refractivity contribution in [2.24, 2.45) is 33.5 Å². The predicted molar refractivity (Wildman–Crippen MR) is 162 cm³/mol. The van der Waals surface area contributed by atoms with Crippen LogP contribution in [0.5, 0.6) is 0 Å². The molecule has 0 aromatic heterocycles. The van der Waals surface area contributed by atoms with Crippen LogP contribution < -0.4 is 0 Å². The molecule has 2 N–H and O–H groups in total. The Morgan fingerprint density at radius 2 is 1.12 bits per heavy atom. The third-order valence-electron chi connectivity index (χ3n) is 13.4. The van der Waals surface area contributed by atoms with E-state index in [0.717, 1.165) is 25.7 Å². The second kappa shape index (κ2) is 11.9. The Bertz CT molecular complexity index is 974. The smallest absolute Gasteiger partial charge is 0.433 e. The van der Waals surface area contributed by atoms with E-state index in [2.05, 4.69) is 27.7 Å². The number of aliphatic hydroxyl groups is 2. The lowest BCUT2D eigenvalue weighted by Crippen LogP contribution is -2.50. The van der Waals surface area contributed by atoms with Crippen molar-refractivity contribution in [1.82, 2.24) is 4.90 Å². The third kappa shape index (κ3) is 5.63. The summed E-state index contributed by atoms with van der Waals surface area (Å²) < 4.78 is 28.3. The highest BCUT2D eigenvalue weighted by atomic mass is 28.4. The molecule has 4 bridgehead atoms. The van der Waals surface area contributed by atoms with Gasteiger partial charge in [0, 0.05) is 64.1 Å². The standard InChI is InChI=1S/C32H57NO9Si/c1-27(2)23-11-15-29(27,5)31(36,21-23)41-25(34)13-18-33(17-10-20-43(38-7,39-8)40-9)19-14-26(35)42-32(37)22-24-12-16-30(32,6)28(24,3)4/h23-24,36-37H,10-22H2,1-9H3/t23-,24-,29-,30-,31-,32-/m1/s1. The molecule has 0 radical (unpaired) electrons. The van der Waals surface area contributed by atoms with Crippen molar-refractivity contribution >= 4 is 20.7 Å². The number of fused-ring (bicyclic) bond motifs is 4. The summed E-state index contributed by atoms with van der Waals surface area (Å²) in [5.41, 5.74) is -1.18. The van der Waals surface area contributed by atoms with Gasteiger partial charge < -0.3 is 37.9 Å². The molecule has 0 spiro atoms. The summed E-state index contributed by atoms with van der Waals surface area (Å²) in [6.45, 7) is 14.0. The van der Waals surface area contributed by atoms with Crippen LogP contribution in [0.4, 0.5) is 0 Å². The monoisotopic (exact) mass is 627 g/mol. The van der Waals surface area contributed by atoms with Gasteiger partial charge in [-0.05, 0) is 61.3 Å². The number of ether oxygens (including phenoxy) is 2. The lowest BCUT2D eigenvalue weighted by molar-refractivity contribution is -0.261. The molecule has 0 amide bonds. The Labute approximate surface area is 259 Å². The highest BCUT2D eigenvalue weighted by Gasteiger charge is 2.71. The van der Waals surface area contributed by atoms with Gasteiger partial charge in [-0.2, -0.15) is 0 Å². The molecular weight excluding hydrogens is 570 g/mol. The predicted octanol–water partition coefficient (Wildman–Crippen LogP) is 4.49. The SMILES string of the molecule is CO[Si](CCCN(CCC(=O)O[C@]1(O)C[C@H]2CC[C@]1(C)C2(C)C)CCC(=O)O[C@]1(O)C[C@H]2CC[C@]1(C)C2(C)C)(OC)OC. The molecule has 4 rings (SSSR count). The van der Waals surface area contributed by atoms with Crippen LogP contribution in [-0.2, 0) is 32.3 Å². The fourth-order valence-electron chi connectivity index (χ4n) is 9.12. The van der Waals surface area contributed by atoms with Crippen LogP contribution in [0.1, 0.15) is 99.3 Å². The topological polar surface area (TPSA) is 124 Å². The average Bonchev–Trinajstić information content (AvgIpc) is 3.42. The summed E-state index contributed by atoms with van der Waals surface area (Å²) >= 11 is 0. The second-order valence-electron chi connectivity index (χ2n) is 15.2. The molecule has 43 heavy (non-hydrogen) atoms. The molecule has 0 aromatic carbocycles. The van der Waals surface area contributed by atoms with Gasteiger partial charge in [0.1, 0.15) is 0 Å². The van der Waals surface area contributed by atoms with Crippen LogP contribution >= 0.6 is 0 Å². The van der Waals surface area contributed by atoms with Crippen LogP contribution in [-0.4, -0.2) is 88.4 Å². The maximum atomic E-state index is 13.1. The van der Waals surface area contributed by atoms with Crippen LogP contribution in [0.25, 0.3) is 0 Å². The summed E-state index contributed by atoms with van der Waals surface area (Å²) in [7, 11) is 1.95. The van der Waals surface area contributed by atoms with Crippen LogP contribution in [0.2, 0.25) is 6.04 Å². The normalized spacial score (nSPS) is 37.3. The van der Waals surface area contributed by atoms with E-state index in [1.165, 1.54) is 0 Å². The molecule has 0 saturated heterocycles. The van der Waals surface area contributed by atoms with Gasteiger partial charge in [-0.1, -0.05) is 41.5 Å². The van der Waals surface area contributed by atoms with E-state index >= 15 is 0 Å². The number of carbonyl (C=O) groups is 2. The Balaban J connectivity index is 1.36. The van der Waals surface area contributed by atoms with Gasteiger partial charge in [-0.3, -0.25) is 9.59 Å². The van der Waals surface area contributed by atoms with Crippen molar-refractivity contribution in [3.8, 4) is 0 Å². The second-order valence-corrected chi connectivity index (χ2v) is 18.3. The largest absolute Gasteiger partial charge is 0.500 e. The Kier molecular flexibility index (Phi) is 9.65. The molecule has 4 aliphatic rings. The van der Waals surface area contributed by atoms with E-state index in [9.17, 15) is 19.8 Å². The summed E-state index contributed by atoms with van der Waals surface area (Å²) in [4.78, 5) is 28.2. The number of esters is 2.